The Labute approximate surface area is 144 Å². The van der Waals surface area contributed by atoms with Crippen molar-refractivity contribution in [3.8, 4) is 5.82 Å². The van der Waals surface area contributed by atoms with Gasteiger partial charge in [0, 0.05) is 5.56 Å². The topological polar surface area (TPSA) is 137 Å². The minimum Gasteiger partial charge on any atom is -0.378 e. The van der Waals surface area contributed by atoms with E-state index in [-0.39, 0.29) is 17.2 Å². The van der Waals surface area contributed by atoms with Crippen LogP contribution in [0, 0.1) is 18.6 Å². The van der Waals surface area contributed by atoms with Crippen LogP contribution in [0.1, 0.15) is 28.7 Å². The number of anilines is 1. The van der Waals surface area contributed by atoms with Crippen molar-refractivity contribution in [3.05, 3.63) is 46.8 Å². The molecular formula is C14H12F2N8O2. The van der Waals surface area contributed by atoms with Gasteiger partial charge in [0.1, 0.15) is 5.69 Å². The third kappa shape index (κ3) is 3.11. The van der Waals surface area contributed by atoms with E-state index in [1.165, 1.54) is 4.68 Å². The molecule has 134 valence electrons. The number of hydrazone groups is 1. The normalized spacial score (nSPS) is 11.6. The molecule has 10 nitrogen and oxygen atoms in total. The molecule has 0 saturated heterocycles. The first-order valence-corrected chi connectivity index (χ1v) is 7.19. The third-order valence-electron chi connectivity index (χ3n) is 3.38. The highest BCUT2D eigenvalue weighted by Crippen LogP contribution is 2.16. The van der Waals surface area contributed by atoms with E-state index in [0.29, 0.717) is 17.1 Å². The van der Waals surface area contributed by atoms with Gasteiger partial charge in [-0.25, -0.2) is 18.8 Å². The fraction of sp³-hybridized carbons (Fsp3) is 0.143. The van der Waals surface area contributed by atoms with Crippen LogP contribution in [0.25, 0.3) is 5.82 Å². The number of hydrogen-bond acceptors (Lipinski definition) is 8. The SMILES string of the molecule is CC(=NNC(=O)c1ccc(F)c(F)c1)c1c(C)nnn1-c1nonc1N. The maximum Gasteiger partial charge on any atom is 0.271 e. The summed E-state index contributed by atoms with van der Waals surface area (Å²) in [5, 5.41) is 18.8. The van der Waals surface area contributed by atoms with Gasteiger partial charge >= 0.3 is 0 Å². The highest BCUT2D eigenvalue weighted by atomic mass is 19.2. The largest absolute Gasteiger partial charge is 0.378 e. The molecule has 1 aromatic carbocycles. The Morgan fingerprint density at radius 1 is 1.31 bits per heavy atom. The maximum atomic E-state index is 13.2. The monoisotopic (exact) mass is 362 g/mol. The average molecular weight is 362 g/mol. The van der Waals surface area contributed by atoms with Crippen molar-refractivity contribution in [2.75, 3.05) is 5.73 Å². The molecule has 26 heavy (non-hydrogen) atoms. The first kappa shape index (κ1) is 17.1. The van der Waals surface area contributed by atoms with Gasteiger partial charge in [0.25, 0.3) is 5.91 Å². The number of nitrogens with zero attached hydrogens (tertiary/aromatic N) is 6. The van der Waals surface area contributed by atoms with Crippen LogP contribution < -0.4 is 11.2 Å². The fourth-order valence-corrected chi connectivity index (χ4v) is 2.15. The summed E-state index contributed by atoms with van der Waals surface area (Å²) < 4.78 is 31.9. The number of carbonyl (C=O) groups is 1. The van der Waals surface area contributed by atoms with Crippen molar-refractivity contribution in [1.29, 1.82) is 0 Å². The molecule has 0 saturated carbocycles. The molecule has 0 atom stereocenters. The standard InChI is InChI=1S/C14H12F2N8O2/c1-6(18-20-14(25)8-3-4-9(15)10(16)5-8)11-7(2)19-23-24(11)13-12(17)21-26-22-13/h3-5H,1-2H3,(H2,17,21)(H,20,25). The molecule has 0 radical (unpaired) electrons. The van der Waals surface area contributed by atoms with E-state index in [1.54, 1.807) is 13.8 Å². The van der Waals surface area contributed by atoms with E-state index in [9.17, 15) is 13.6 Å². The van der Waals surface area contributed by atoms with Crippen LogP contribution in [0.3, 0.4) is 0 Å². The molecule has 0 fully saturated rings. The lowest BCUT2D eigenvalue weighted by Crippen LogP contribution is -2.21. The molecule has 3 rings (SSSR count). The van der Waals surface area contributed by atoms with Crippen molar-refractivity contribution in [2.24, 2.45) is 5.10 Å². The van der Waals surface area contributed by atoms with Crippen molar-refractivity contribution in [2.45, 2.75) is 13.8 Å². The second-order valence-corrected chi connectivity index (χ2v) is 5.18. The predicted molar refractivity (Wildman–Crippen MR) is 84.4 cm³/mol. The third-order valence-corrected chi connectivity index (χ3v) is 3.38. The number of nitrogen functional groups attached to an aromatic ring is 1. The summed E-state index contributed by atoms with van der Waals surface area (Å²) in [5.41, 5.74) is 9.00. The van der Waals surface area contributed by atoms with Gasteiger partial charge in [-0.1, -0.05) is 5.21 Å². The number of carbonyl (C=O) groups excluding carboxylic acids is 1. The number of rotatable bonds is 4. The summed E-state index contributed by atoms with van der Waals surface area (Å²) in [6.45, 7) is 3.25. The number of halogens is 2. The second kappa shape index (κ2) is 6.66. The zero-order chi connectivity index (χ0) is 18.8. The Morgan fingerprint density at radius 2 is 2.08 bits per heavy atom. The molecule has 0 bridgehead atoms. The maximum absolute atomic E-state index is 13.2. The van der Waals surface area contributed by atoms with E-state index >= 15 is 0 Å². The van der Waals surface area contributed by atoms with Crippen LogP contribution in [0.4, 0.5) is 14.6 Å². The Kier molecular flexibility index (Phi) is 4.39. The van der Waals surface area contributed by atoms with Crippen LogP contribution in [-0.2, 0) is 0 Å². The minimum atomic E-state index is -1.13. The van der Waals surface area contributed by atoms with E-state index in [4.69, 9.17) is 5.73 Å². The molecule has 3 aromatic rings. The quantitative estimate of drug-likeness (QED) is 0.521. The lowest BCUT2D eigenvalue weighted by Gasteiger charge is -2.05. The Bertz CT molecular complexity index is 1010. The highest BCUT2D eigenvalue weighted by molar-refractivity contribution is 6.00. The van der Waals surface area contributed by atoms with Crippen LogP contribution in [0.5, 0.6) is 0 Å². The lowest BCUT2D eigenvalue weighted by atomic mass is 10.2. The zero-order valence-corrected chi connectivity index (χ0v) is 13.6. The van der Waals surface area contributed by atoms with Gasteiger partial charge in [-0.15, -0.1) is 5.10 Å². The number of aryl methyl sites for hydroxylation is 1. The van der Waals surface area contributed by atoms with Crippen LogP contribution in [-0.4, -0.2) is 36.9 Å². The highest BCUT2D eigenvalue weighted by Gasteiger charge is 2.20. The number of amides is 1. The molecule has 12 heteroatoms. The Morgan fingerprint density at radius 3 is 2.73 bits per heavy atom. The van der Waals surface area contributed by atoms with Gasteiger partial charge in [-0.3, -0.25) is 4.79 Å². The van der Waals surface area contributed by atoms with E-state index in [1.807, 2.05) is 0 Å². The Balaban J connectivity index is 1.87. The summed E-state index contributed by atoms with van der Waals surface area (Å²) in [4.78, 5) is 12.0. The molecule has 2 aromatic heterocycles. The van der Waals surface area contributed by atoms with E-state index < -0.39 is 17.5 Å². The van der Waals surface area contributed by atoms with Crippen LogP contribution in [0.15, 0.2) is 27.9 Å². The summed E-state index contributed by atoms with van der Waals surface area (Å²) in [5.74, 6) is -2.80. The summed E-state index contributed by atoms with van der Waals surface area (Å²) in [7, 11) is 0. The van der Waals surface area contributed by atoms with Crippen molar-refractivity contribution < 1.29 is 18.2 Å². The van der Waals surface area contributed by atoms with Gasteiger partial charge in [-0.05, 0) is 42.4 Å². The van der Waals surface area contributed by atoms with Gasteiger partial charge in [0.2, 0.25) is 11.6 Å². The Hall–Kier alpha value is -3.70. The number of nitrogens with one attached hydrogen (secondary N) is 1. The molecule has 0 aliphatic carbocycles. The molecule has 1 amide bonds. The first-order valence-electron chi connectivity index (χ1n) is 7.19. The minimum absolute atomic E-state index is 0.00484. The number of hydrogen-bond donors (Lipinski definition) is 2. The molecule has 2 heterocycles. The smallest absolute Gasteiger partial charge is 0.271 e. The molecule has 0 unspecified atom stereocenters. The van der Waals surface area contributed by atoms with Crippen LogP contribution in [0.2, 0.25) is 0 Å². The number of aromatic nitrogens is 5. The van der Waals surface area contributed by atoms with Gasteiger partial charge in [0.15, 0.2) is 11.6 Å². The molecule has 0 aliphatic rings. The molecular weight excluding hydrogens is 350 g/mol. The van der Waals surface area contributed by atoms with Crippen LogP contribution >= 0.6 is 0 Å². The number of benzene rings is 1. The fourth-order valence-electron chi connectivity index (χ4n) is 2.15. The number of nitrogens with two attached hydrogens (primary N) is 1. The van der Waals surface area contributed by atoms with E-state index in [2.05, 4.69) is 35.8 Å². The van der Waals surface area contributed by atoms with Crippen molar-refractivity contribution in [3.63, 3.8) is 0 Å². The van der Waals surface area contributed by atoms with Crippen molar-refractivity contribution >= 4 is 17.4 Å². The summed E-state index contributed by atoms with van der Waals surface area (Å²) in [6, 6.07) is 2.76. The predicted octanol–water partition coefficient (Wildman–Crippen LogP) is 0.973. The zero-order valence-electron chi connectivity index (χ0n) is 13.6. The summed E-state index contributed by atoms with van der Waals surface area (Å²) >= 11 is 0. The van der Waals surface area contributed by atoms with Gasteiger partial charge in [0.05, 0.1) is 11.4 Å². The average Bonchev–Trinajstić information content (AvgIpc) is 3.20. The molecule has 0 aliphatic heterocycles. The van der Waals surface area contributed by atoms with Crippen molar-refractivity contribution in [1.82, 2.24) is 30.7 Å². The van der Waals surface area contributed by atoms with E-state index in [0.717, 1.165) is 18.2 Å². The van der Waals surface area contributed by atoms with Gasteiger partial charge < -0.3 is 5.73 Å². The molecule has 3 N–H and O–H groups in total. The first-order chi connectivity index (χ1) is 12.4. The summed E-state index contributed by atoms with van der Waals surface area (Å²) in [6.07, 6.45) is 0. The van der Waals surface area contributed by atoms with Gasteiger partial charge in [-0.2, -0.15) is 9.78 Å². The lowest BCUT2D eigenvalue weighted by molar-refractivity contribution is 0.0954. The molecule has 0 spiro atoms. The second-order valence-electron chi connectivity index (χ2n) is 5.18.